The van der Waals surface area contributed by atoms with Crippen molar-refractivity contribution in [3.05, 3.63) is 58.7 Å². The van der Waals surface area contributed by atoms with Gasteiger partial charge in [-0.1, -0.05) is 46.7 Å². The van der Waals surface area contributed by atoms with E-state index in [0.717, 1.165) is 23.9 Å². The van der Waals surface area contributed by atoms with Gasteiger partial charge in [-0.05, 0) is 29.5 Å². The molecule has 0 fully saturated rings. The van der Waals surface area contributed by atoms with Crippen LogP contribution in [0.4, 0.5) is 8.78 Å². The van der Waals surface area contributed by atoms with Crippen molar-refractivity contribution in [1.29, 1.82) is 5.26 Å². The molecule has 0 bridgehead atoms. The zero-order valence-corrected chi connectivity index (χ0v) is 15.0. The lowest BCUT2D eigenvalue weighted by molar-refractivity contribution is 0.108. The maximum atomic E-state index is 14.0. The molecule has 2 aromatic rings. The number of nitrogens with zero attached hydrogens (tertiary/aromatic N) is 1. The topological polar surface area (TPSA) is 50.1 Å². The summed E-state index contributed by atoms with van der Waals surface area (Å²) < 4.78 is 33.4. The maximum absolute atomic E-state index is 14.0. The van der Waals surface area contributed by atoms with Gasteiger partial charge in [-0.2, -0.15) is 5.26 Å². The summed E-state index contributed by atoms with van der Waals surface area (Å²) in [6.45, 7) is 1.83. The normalized spacial score (nSPS) is 10.3. The number of halogens is 3. The molecule has 0 N–H and O–H groups in total. The van der Waals surface area contributed by atoms with Gasteiger partial charge in [0.05, 0.1) is 17.2 Å². The van der Waals surface area contributed by atoms with Crippen LogP contribution in [0.15, 0.2) is 30.3 Å². The zero-order valence-electron chi connectivity index (χ0n) is 12.6. The monoisotopic (exact) mass is 411 g/mol. The molecule has 0 radical (unpaired) electrons. The minimum absolute atomic E-state index is 0.0698. The van der Waals surface area contributed by atoms with Crippen LogP contribution in [0.2, 0.25) is 0 Å². The van der Waals surface area contributed by atoms with Crippen molar-refractivity contribution in [2.45, 2.75) is 12.3 Å². The Labute approximate surface area is 150 Å². The second-order valence-electron chi connectivity index (χ2n) is 4.63. The Bertz CT molecular complexity index is 798. The van der Waals surface area contributed by atoms with Gasteiger partial charge in [0.2, 0.25) is 5.12 Å². The van der Waals surface area contributed by atoms with E-state index in [2.05, 4.69) is 15.9 Å². The molecule has 2 aromatic carbocycles. The first-order valence-corrected chi connectivity index (χ1v) is 9.04. The Kier molecular flexibility index (Phi) is 6.35. The molecule has 0 aliphatic rings. The highest BCUT2D eigenvalue weighted by Crippen LogP contribution is 2.34. The number of ether oxygens (including phenoxy) is 1. The first-order chi connectivity index (χ1) is 11.5. The molecule has 0 heterocycles. The van der Waals surface area contributed by atoms with Crippen LogP contribution in [-0.4, -0.2) is 10.9 Å². The number of benzene rings is 2. The summed E-state index contributed by atoms with van der Waals surface area (Å²) in [5.41, 5.74) is 0.779. The Balaban J connectivity index is 2.51. The number of hydrogen-bond donors (Lipinski definition) is 0. The third-order valence-electron chi connectivity index (χ3n) is 3.08. The molecule has 0 aliphatic carbocycles. The van der Waals surface area contributed by atoms with Crippen molar-refractivity contribution in [3.63, 3.8) is 0 Å². The quantitative estimate of drug-likeness (QED) is 0.616. The summed E-state index contributed by atoms with van der Waals surface area (Å²) in [7, 11) is 0. The molecule has 24 heavy (non-hydrogen) atoms. The van der Waals surface area contributed by atoms with Crippen molar-refractivity contribution < 1.29 is 18.3 Å². The lowest BCUT2D eigenvalue weighted by Crippen LogP contribution is -2.04. The number of hydrogen-bond acceptors (Lipinski definition) is 4. The molecule has 0 aliphatic heterocycles. The van der Waals surface area contributed by atoms with E-state index in [-0.39, 0.29) is 22.0 Å². The standard InChI is InChI=1S/C17H12BrF2NO2S/c1-2-24-17(22)15-11(8-18)4-3-5-14(15)23-16-12(19)6-10(9-21)7-13(16)20/h3-7H,2,8H2,1H3. The van der Waals surface area contributed by atoms with Crippen LogP contribution in [0.3, 0.4) is 0 Å². The fourth-order valence-electron chi connectivity index (χ4n) is 2.04. The predicted octanol–water partition coefficient (Wildman–Crippen LogP) is 5.42. The molecule has 0 aromatic heterocycles. The molecule has 0 spiro atoms. The van der Waals surface area contributed by atoms with Crippen LogP contribution in [0.1, 0.15) is 28.4 Å². The van der Waals surface area contributed by atoms with Gasteiger partial charge in [0.15, 0.2) is 17.4 Å². The van der Waals surface area contributed by atoms with Gasteiger partial charge >= 0.3 is 0 Å². The number of carbonyl (C=O) groups excluding carboxylic acids is 1. The summed E-state index contributed by atoms with van der Waals surface area (Å²) in [4.78, 5) is 12.3. The summed E-state index contributed by atoms with van der Waals surface area (Å²) in [5.74, 6) is -2.01. The molecule has 0 atom stereocenters. The second kappa shape index (κ2) is 8.27. The molecule has 0 saturated heterocycles. The van der Waals surface area contributed by atoms with Crippen LogP contribution >= 0.6 is 27.7 Å². The smallest absolute Gasteiger partial charge is 0.223 e. The van der Waals surface area contributed by atoms with Crippen LogP contribution in [-0.2, 0) is 5.33 Å². The molecule has 0 saturated carbocycles. The van der Waals surface area contributed by atoms with Gasteiger partial charge in [0, 0.05) is 5.33 Å². The number of rotatable bonds is 5. The number of nitriles is 1. The van der Waals surface area contributed by atoms with Crippen LogP contribution in [0.5, 0.6) is 11.5 Å². The van der Waals surface area contributed by atoms with Crippen LogP contribution in [0.25, 0.3) is 0 Å². The second-order valence-corrected chi connectivity index (χ2v) is 6.42. The van der Waals surface area contributed by atoms with E-state index in [1.807, 2.05) is 6.92 Å². The van der Waals surface area contributed by atoms with Crippen molar-refractivity contribution in [3.8, 4) is 17.6 Å². The van der Waals surface area contributed by atoms with Gasteiger partial charge in [-0.15, -0.1) is 0 Å². The Morgan fingerprint density at radius 3 is 2.54 bits per heavy atom. The number of thioether (sulfide) groups is 1. The molecule has 7 heteroatoms. The highest BCUT2D eigenvalue weighted by Gasteiger charge is 2.21. The van der Waals surface area contributed by atoms with Gasteiger partial charge in [-0.25, -0.2) is 8.78 Å². The van der Waals surface area contributed by atoms with Gasteiger partial charge in [0.25, 0.3) is 0 Å². The van der Waals surface area contributed by atoms with Crippen LogP contribution in [0, 0.1) is 23.0 Å². The Morgan fingerprint density at radius 1 is 1.33 bits per heavy atom. The van der Waals surface area contributed by atoms with Gasteiger partial charge in [0.1, 0.15) is 5.75 Å². The maximum Gasteiger partial charge on any atom is 0.223 e. The average molecular weight is 412 g/mol. The zero-order chi connectivity index (χ0) is 17.7. The van der Waals surface area contributed by atoms with E-state index >= 15 is 0 Å². The Hall–Kier alpha value is -1.91. The van der Waals surface area contributed by atoms with Crippen LogP contribution < -0.4 is 4.74 Å². The molecular weight excluding hydrogens is 400 g/mol. The number of alkyl halides is 1. The first kappa shape index (κ1) is 18.4. The Morgan fingerprint density at radius 2 is 2.00 bits per heavy atom. The minimum Gasteiger partial charge on any atom is -0.450 e. The fourth-order valence-corrected chi connectivity index (χ4v) is 3.15. The van der Waals surface area contributed by atoms with Crippen molar-refractivity contribution in [2.75, 3.05) is 5.75 Å². The number of carbonyl (C=O) groups is 1. The summed E-state index contributed by atoms with van der Waals surface area (Å²) in [6.07, 6.45) is 0. The van der Waals surface area contributed by atoms with Gasteiger partial charge < -0.3 is 4.74 Å². The first-order valence-electron chi connectivity index (χ1n) is 6.93. The molecule has 2 rings (SSSR count). The highest BCUT2D eigenvalue weighted by molar-refractivity contribution is 9.08. The average Bonchev–Trinajstić information content (AvgIpc) is 2.57. The molecule has 0 unspecified atom stereocenters. The third kappa shape index (κ3) is 3.94. The highest BCUT2D eigenvalue weighted by atomic mass is 79.9. The van der Waals surface area contributed by atoms with Crippen molar-refractivity contribution in [2.24, 2.45) is 0 Å². The molecule has 124 valence electrons. The van der Waals surface area contributed by atoms with E-state index in [1.165, 1.54) is 6.07 Å². The summed E-state index contributed by atoms with van der Waals surface area (Å²) in [6, 6.07) is 8.28. The van der Waals surface area contributed by atoms with Crippen molar-refractivity contribution >= 4 is 32.8 Å². The largest absolute Gasteiger partial charge is 0.450 e. The van der Waals surface area contributed by atoms with E-state index in [1.54, 1.807) is 18.2 Å². The van der Waals surface area contributed by atoms with E-state index < -0.39 is 17.4 Å². The van der Waals surface area contributed by atoms with E-state index in [4.69, 9.17) is 10.00 Å². The minimum atomic E-state index is -1.00. The summed E-state index contributed by atoms with van der Waals surface area (Å²) in [5, 5.41) is 8.89. The third-order valence-corrected chi connectivity index (χ3v) is 4.43. The van der Waals surface area contributed by atoms with E-state index in [9.17, 15) is 13.6 Å². The predicted molar refractivity (Wildman–Crippen MR) is 92.7 cm³/mol. The fraction of sp³-hybridized carbons (Fsp3) is 0.176. The lowest BCUT2D eigenvalue weighted by atomic mass is 10.1. The van der Waals surface area contributed by atoms with Gasteiger partial charge in [-0.3, -0.25) is 4.79 Å². The molecule has 0 amide bonds. The SMILES string of the molecule is CCSC(=O)c1c(CBr)cccc1Oc1c(F)cc(C#N)cc1F. The van der Waals surface area contributed by atoms with Crippen molar-refractivity contribution in [1.82, 2.24) is 0 Å². The lowest BCUT2D eigenvalue weighted by Gasteiger charge is -2.14. The molecule has 3 nitrogen and oxygen atoms in total. The summed E-state index contributed by atoms with van der Waals surface area (Å²) >= 11 is 4.38. The van der Waals surface area contributed by atoms with E-state index in [0.29, 0.717) is 16.6 Å². The molecular formula is C17H12BrF2NO2S.